The summed E-state index contributed by atoms with van der Waals surface area (Å²) in [5, 5.41) is 0. The Morgan fingerprint density at radius 2 is 0.672 bits per heavy atom. The molecule has 6 heteroatoms. The number of carbonyl (C=O) groups is 3. The third-order valence-corrected chi connectivity index (χ3v) is 10.9. The Kier molecular flexibility index (Phi) is 45.4. The van der Waals surface area contributed by atoms with E-state index in [-0.39, 0.29) is 31.1 Å². The topological polar surface area (TPSA) is 78.9 Å². The van der Waals surface area contributed by atoms with Crippen molar-refractivity contribution in [2.24, 2.45) is 0 Å². The fourth-order valence-electron chi connectivity index (χ4n) is 7.16. The Morgan fingerprint density at radius 3 is 1.05 bits per heavy atom. The summed E-state index contributed by atoms with van der Waals surface area (Å²) in [5.74, 6) is -0.879. The number of rotatable bonds is 45. The van der Waals surface area contributed by atoms with Crippen LogP contribution in [0.2, 0.25) is 0 Å². The van der Waals surface area contributed by atoms with Gasteiger partial charge in [-0.25, -0.2) is 0 Å². The summed E-state index contributed by atoms with van der Waals surface area (Å²) in [6.45, 7) is 6.51. The van der Waals surface area contributed by atoms with E-state index >= 15 is 0 Å². The third-order valence-electron chi connectivity index (χ3n) is 10.9. The molecule has 0 saturated carbocycles. The first-order valence-electron chi connectivity index (χ1n) is 25.0. The summed E-state index contributed by atoms with van der Waals surface area (Å²) in [4.78, 5) is 37.8. The van der Waals surface area contributed by atoms with Crippen LogP contribution in [0.1, 0.15) is 258 Å². The minimum Gasteiger partial charge on any atom is -0.462 e. The number of hydrogen-bond donors (Lipinski definition) is 0. The van der Waals surface area contributed by atoms with Gasteiger partial charge in [0.1, 0.15) is 13.2 Å². The number of unbranched alkanes of at least 4 members (excludes halogenated alkanes) is 28. The Bertz CT molecular complexity index is 984. The molecule has 0 aromatic heterocycles. The van der Waals surface area contributed by atoms with E-state index in [1.165, 1.54) is 135 Å². The van der Waals surface area contributed by atoms with E-state index in [2.05, 4.69) is 57.2 Å². The predicted octanol–water partition coefficient (Wildman–Crippen LogP) is 16.1. The molecule has 0 aliphatic rings. The summed E-state index contributed by atoms with van der Waals surface area (Å²) in [6.07, 6.45) is 54.1. The molecule has 0 spiro atoms. The highest BCUT2D eigenvalue weighted by Gasteiger charge is 2.19. The van der Waals surface area contributed by atoms with Crippen LogP contribution in [0.15, 0.2) is 36.5 Å². The Labute approximate surface area is 359 Å². The van der Waals surface area contributed by atoms with Crippen LogP contribution in [0.25, 0.3) is 0 Å². The van der Waals surface area contributed by atoms with E-state index in [1.54, 1.807) is 0 Å². The number of carbonyl (C=O) groups excluding carboxylic acids is 3. The first-order chi connectivity index (χ1) is 28.5. The lowest BCUT2D eigenvalue weighted by Crippen LogP contribution is -2.30. The van der Waals surface area contributed by atoms with E-state index < -0.39 is 6.10 Å². The fourth-order valence-corrected chi connectivity index (χ4v) is 7.16. The summed E-state index contributed by atoms with van der Waals surface area (Å²) in [6, 6.07) is 0. The predicted molar refractivity (Wildman–Crippen MR) is 247 cm³/mol. The van der Waals surface area contributed by atoms with Gasteiger partial charge in [-0.15, -0.1) is 0 Å². The van der Waals surface area contributed by atoms with Crippen molar-refractivity contribution in [1.29, 1.82) is 0 Å². The largest absolute Gasteiger partial charge is 0.462 e. The van der Waals surface area contributed by atoms with Gasteiger partial charge in [0.05, 0.1) is 0 Å². The first kappa shape index (κ1) is 55.6. The van der Waals surface area contributed by atoms with Crippen molar-refractivity contribution in [3.05, 3.63) is 36.5 Å². The van der Waals surface area contributed by atoms with Gasteiger partial charge in [0, 0.05) is 19.3 Å². The maximum atomic E-state index is 12.8. The monoisotopic (exact) mass is 815 g/mol. The lowest BCUT2D eigenvalue weighted by atomic mass is 10.0. The Hall–Kier alpha value is -2.37. The lowest BCUT2D eigenvalue weighted by molar-refractivity contribution is -0.167. The van der Waals surface area contributed by atoms with E-state index in [0.29, 0.717) is 19.3 Å². The van der Waals surface area contributed by atoms with Crippen molar-refractivity contribution in [3.63, 3.8) is 0 Å². The molecule has 1 unspecified atom stereocenters. The second-order valence-corrected chi connectivity index (χ2v) is 16.7. The van der Waals surface area contributed by atoms with Crippen molar-refractivity contribution < 1.29 is 28.6 Å². The van der Waals surface area contributed by atoms with E-state index in [4.69, 9.17) is 14.2 Å². The van der Waals surface area contributed by atoms with Gasteiger partial charge in [0.15, 0.2) is 6.10 Å². The van der Waals surface area contributed by atoms with Crippen LogP contribution < -0.4 is 0 Å². The molecule has 338 valence electrons. The van der Waals surface area contributed by atoms with Crippen LogP contribution in [0.3, 0.4) is 0 Å². The van der Waals surface area contributed by atoms with E-state index in [9.17, 15) is 14.4 Å². The highest BCUT2D eigenvalue weighted by atomic mass is 16.6. The zero-order chi connectivity index (χ0) is 42.3. The first-order valence-corrected chi connectivity index (χ1v) is 25.0. The van der Waals surface area contributed by atoms with Gasteiger partial charge in [-0.3, -0.25) is 14.4 Å². The number of ether oxygens (including phenoxy) is 3. The molecule has 0 N–H and O–H groups in total. The summed E-state index contributed by atoms with van der Waals surface area (Å²) >= 11 is 0. The quantitative estimate of drug-likeness (QED) is 0.0264. The fraction of sp³-hybridized carbons (Fsp3) is 0.827. The smallest absolute Gasteiger partial charge is 0.306 e. The average Bonchev–Trinajstić information content (AvgIpc) is 3.22. The van der Waals surface area contributed by atoms with Gasteiger partial charge in [0.2, 0.25) is 0 Å². The molecular weight excluding hydrogens is 721 g/mol. The normalized spacial score (nSPS) is 12.3. The Morgan fingerprint density at radius 1 is 0.362 bits per heavy atom. The molecule has 0 aliphatic carbocycles. The summed E-state index contributed by atoms with van der Waals surface area (Å²) < 4.78 is 16.7. The molecule has 0 saturated heterocycles. The second kappa shape index (κ2) is 47.3. The standard InChI is InChI=1S/C52H94O6/c1-4-7-10-13-16-19-21-23-25-27-28-30-33-36-39-42-45-51(54)57-48-49(47-56-50(53)44-41-38-35-32-18-15-12-9-6-3)58-52(55)46-43-40-37-34-31-29-26-24-22-20-17-14-11-8-5-2/h7,10,16,19,23,25,49H,4-6,8-9,11-15,17-18,20-22,24,26-48H2,1-3H3/b10-7-,19-16-,25-23-. The third kappa shape index (κ3) is 44.7. The molecule has 0 fully saturated rings. The van der Waals surface area contributed by atoms with Crippen molar-refractivity contribution in [2.45, 2.75) is 264 Å². The molecule has 0 aliphatic heterocycles. The highest BCUT2D eigenvalue weighted by Crippen LogP contribution is 2.16. The molecule has 0 aromatic rings. The molecule has 58 heavy (non-hydrogen) atoms. The van der Waals surface area contributed by atoms with Crippen molar-refractivity contribution in [1.82, 2.24) is 0 Å². The SMILES string of the molecule is CC/C=C\C/C=C\C/C=C\CCCCCCCCC(=O)OCC(COC(=O)CCCCCCCCCCC)OC(=O)CCCCCCCCCCCCCCCCC. The van der Waals surface area contributed by atoms with Crippen LogP contribution in [0.4, 0.5) is 0 Å². The summed E-state index contributed by atoms with van der Waals surface area (Å²) in [5.41, 5.74) is 0. The maximum absolute atomic E-state index is 12.8. The maximum Gasteiger partial charge on any atom is 0.306 e. The van der Waals surface area contributed by atoms with Gasteiger partial charge in [-0.05, 0) is 51.4 Å². The molecule has 6 nitrogen and oxygen atoms in total. The van der Waals surface area contributed by atoms with Crippen LogP contribution in [0, 0.1) is 0 Å². The lowest BCUT2D eigenvalue weighted by Gasteiger charge is -2.18. The van der Waals surface area contributed by atoms with Crippen LogP contribution in [-0.4, -0.2) is 37.2 Å². The molecule has 0 heterocycles. The van der Waals surface area contributed by atoms with Crippen molar-refractivity contribution in [2.75, 3.05) is 13.2 Å². The Balaban J connectivity index is 4.32. The average molecular weight is 815 g/mol. The van der Waals surface area contributed by atoms with Gasteiger partial charge >= 0.3 is 17.9 Å². The van der Waals surface area contributed by atoms with Gasteiger partial charge in [-0.1, -0.05) is 224 Å². The van der Waals surface area contributed by atoms with Crippen molar-refractivity contribution >= 4 is 17.9 Å². The molecule has 0 rings (SSSR count). The van der Waals surface area contributed by atoms with E-state index in [0.717, 1.165) is 83.5 Å². The zero-order valence-electron chi connectivity index (χ0n) is 38.6. The molecule has 0 bridgehead atoms. The minimum absolute atomic E-state index is 0.0727. The second-order valence-electron chi connectivity index (χ2n) is 16.7. The van der Waals surface area contributed by atoms with Crippen molar-refractivity contribution in [3.8, 4) is 0 Å². The number of hydrogen-bond acceptors (Lipinski definition) is 6. The molecule has 1 atom stereocenters. The molecule has 0 amide bonds. The number of allylic oxidation sites excluding steroid dienone is 6. The molecule has 0 radical (unpaired) electrons. The van der Waals surface area contributed by atoms with Gasteiger partial charge in [-0.2, -0.15) is 0 Å². The summed E-state index contributed by atoms with van der Waals surface area (Å²) in [7, 11) is 0. The van der Waals surface area contributed by atoms with Crippen LogP contribution in [0.5, 0.6) is 0 Å². The minimum atomic E-state index is -0.770. The van der Waals surface area contributed by atoms with Crippen LogP contribution in [-0.2, 0) is 28.6 Å². The van der Waals surface area contributed by atoms with Gasteiger partial charge < -0.3 is 14.2 Å². The van der Waals surface area contributed by atoms with Crippen LogP contribution >= 0.6 is 0 Å². The zero-order valence-corrected chi connectivity index (χ0v) is 38.6. The molecule has 0 aromatic carbocycles. The van der Waals surface area contributed by atoms with Gasteiger partial charge in [0.25, 0.3) is 0 Å². The van der Waals surface area contributed by atoms with E-state index in [1.807, 2.05) is 0 Å². The molecular formula is C52H94O6. The number of esters is 3. The highest BCUT2D eigenvalue weighted by molar-refractivity contribution is 5.71.